The summed E-state index contributed by atoms with van der Waals surface area (Å²) in [5.41, 5.74) is 1.57. The van der Waals surface area contributed by atoms with Crippen molar-refractivity contribution in [3.63, 3.8) is 0 Å². The van der Waals surface area contributed by atoms with E-state index in [1.54, 1.807) is 19.1 Å². The predicted octanol–water partition coefficient (Wildman–Crippen LogP) is 2.30. The number of ether oxygens (including phenoxy) is 1. The first-order chi connectivity index (χ1) is 7.15. The number of alkyl halides is 1. The van der Waals surface area contributed by atoms with Crippen LogP contribution in [0.2, 0.25) is 0 Å². The fraction of sp³-hybridized carbons (Fsp3) is 0.273. The quantitative estimate of drug-likeness (QED) is 0.584. The second-order valence-corrected chi connectivity index (χ2v) is 3.25. The van der Waals surface area contributed by atoms with Gasteiger partial charge in [0.1, 0.15) is 11.8 Å². The number of hydrogen-bond acceptors (Lipinski definition) is 3. The van der Waals surface area contributed by atoms with Crippen molar-refractivity contribution in [1.82, 2.24) is 0 Å². The number of carbonyl (C=O) groups is 1. The van der Waals surface area contributed by atoms with Gasteiger partial charge in [-0.1, -0.05) is 0 Å². The van der Waals surface area contributed by atoms with Crippen LogP contribution in [-0.2, 0) is 0 Å². The molecule has 0 saturated carbocycles. The van der Waals surface area contributed by atoms with Gasteiger partial charge in [-0.3, -0.25) is 4.79 Å². The third-order valence-corrected chi connectivity index (χ3v) is 2.39. The van der Waals surface area contributed by atoms with E-state index in [0.29, 0.717) is 22.4 Å². The lowest BCUT2D eigenvalue weighted by Crippen LogP contribution is -2.05. The molecule has 0 radical (unpaired) electrons. The van der Waals surface area contributed by atoms with Crippen LogP contribution >= 0.6 is 11.6 Å². The minimum Gasteiger partial charge on any atom is -0.495 e. The molecule has 0 unspecified atom stereocenters. The summed E-state index contributed by atoms with van der Waals surface area (Å²) in [5, 5.41) is 8.82. The van der Waals surface area contributed by atoms with Crippen LogP contribution in [0.5, 0.6) is 5.75 Å². The first-order valence-electron chi connectivity index (χ1n) is 4.32. The Morgan fingerprint density at radius 2 is 2.27 bits per heavy atom. The van der Waals surface area contributed by atoms with E-state index in [2.05, 4.69) is 0 Å². The Morgan fingerprint density at radius 3 is 2.73 bits per heavy atom. The minimum absolute atomic E-state index is 0.0735. The minimum atomic E-state index is -0.169. The molecular weight excluding hydrogens is 214 g/mol. The van der Waals surface area contributed by atoms with Crippen LogP contribution in [0.15, 0.2) is 12.1 Å². The summed E-state index contributed by atoms with van der Waals surface area (Å²) in [6.07, 6.45) is 0. The number of ketones is 1. The highest BCUT2D eigenvalue weighted by Gasteiger charge is 2.14. The molecule has 0 aliphatic rings. The van der Waals surface area contributed by atoms with Crippen LogP contribution in [0.3, 0.4) is 0 Å². The van der Waals surface area contributed by atoms with E-state index in [-0.39, 0.29) is 11.7 Å². The normalized spacial score (nSPS) is 9.47. The fourth-order valence-corrected chi connectivity index (χ4v) is 1.56. The molecule has 0 aliphatic carbocycles. The molecule has 15 heavy (non-hydrogen) atoms. The monoisotopic (exact) mass is 223 g/mol. The molecule has 0 aromatic heterocycles. The topological polar surface area (TPSA) is 50.1 Å². The van der Waals surface area contributed by atoms with Gasteiger partial charge in [0.15, 0.2) is 5.78 Å². The number of nitriles is 1. The van der Waals surface area contributed by atoms with Gasteiger partial charge in [0.25, 0.3) is 0 Å². The van der Waals surface area contributed by atoms with Crippen molar-refractivity contribution in [3.05, 3.63) is 28.8 Å². The Hall–Kier alpha value is -1.53. The summed E-state index contributed by atoms with van der Waals surface area (Å²) in [5.74, 6) is 0.195. The van der Waals surface area contributed by atoms with E-state index < -0.39 is 0 Å². The van der Waals surface area contributed by atoms with E-state index in [1.807, 2.05) is 6.07 Å². The van der Waals surface area contributed by atoms with Gasteiger partial charge >= 0.3 is 0 Å². The highest BCUT2D eigenvalue weighted by molar-refractivity contribution is 6.30. The third kappa shape index (κ3) is 2.11. The Bertz CT molecular complexity index is 435. The van der Waals surface area contributed by atoms with Gasteiger partial charge in [-0.2, -0.15) is 5.26 Å². The molecular formula is C11H10ClNO2. The van der Waals surface area contributed by atoms with Crippen molar-refractivity contribution in [3.8, 4) is 11.8 Å². The van der Waals surface area contributed by atoms with Gasteiger partial charge in [0, 0.05) is 11.1 Å². The Morgan fingerprint density at radius 1 is 1.60 bits per heavy atom. The third-order valence-electron chi connectivity index (χ3n) is 2.15. The van der Waals surface area contributed by atoms with E-state index in [9.17, 15) is 4.79 Å². The first-order valence-corrected chi connectivity index (χ1v) is 4.86. The summed E-state index contributed by atoms with van der Waals surface area (Å²) in [7, 11) is 1.47. The largest absolute Gasteiger partial charge is 0.495 e. The molecule has 0 aliphatic heterocycles. The molecule has 4 heteroatoms. The van der Waals surface area contributed by atoms with Crippen LogP contribution in [0.4, 0.5) is 0 Å². The molecule has 0 fully saturated rings. The molecule has 0 atom stereocenters. The van der Waals surface area contributed by atoms with Crippen LogP contribution < -0.4 is 4.74 Å². The zero-order valence-corrected chi connectivity index (χ0v) is 9.26. The number of carbonyl (C=O) groups excluding carboxylic acids is 1. The van der Waals surface area contributed by atoms with Crippen LogP contribution in [0.25, 0.3) is 0 Å². The highest BCUT2D eigenvalue weighted by atomic mass is 35.5. The fourth-order valence-electron chi connectivity index (χ4n) is 1.42. The maximum Gasteiger partial charge on any atom is 0.177 e. The van der Waals surface area contributed by atoms with Gasteiger partial charge in [-0.05, 0) is 19.1 Å². The molecule has 3 nitrogen and oxygen atoms in total. The zero-order valence-electron chi connectivity index (χ0n) is 8.50. The molecule has 78 valence electrons. The van der Waals surface area contributed by atoms with Crippen molar-refractivity contribution < 1.29 is 9.53 Å². The lowest BCUT2D eigenvalue weighted by atomic mass is 10.0. The first kappa shape index (κ1) is 11.5. The number of methoxy groups -OCH3 is 1. The number of Topliss-reactive ketones (excluding diaryl/α,β-unsaturated/α-hetero) is 1. The molecule has 1 aromatic carbocycles. The van der Waals surface area contributed by atoms with Crippen LogP contribution in [0.1, 0.15) is 21.5 Å². The Kier molecular flexibility index (Phi) is 3.70. The van der Waals surface area contributed by atoms with E-state index in [1.165, 1.54) is 7.11 Å². The summed E-state index contributed by atoms with van der Waals surface area (Å²) in [6, 6.07) is 5.16. The SMILES string of the molecule is COc1c(C#N)ccc(C(=O)CCl)c1C. The predicted molar refractivity (Wildman–Crippen MR) is 57.5 cm³/mol. The number of nitrogens with zero attached hydrogens (tertiary/aromatic N) is 1. The number of rotatable bonds is 3. The van der Waals surface area contributed by atoms with Gasteiger partial charge in [0.2, 0.25) is 0 Å². The summed E-state index contributed by atoms with van der Waals surface area (Å²) < 4.78 is 5.08. The maximum absolute atomic E-state index is 11.4. The molecule has 0 heterocycles. The summed E-state index contributed by atoms with van der Waals surface area (Å²) in [6.45, 7) is 1.74. The second kappa shape index (κ2) is 4.81. The Balaban J connectivity index is 3.37. The molecule has 0 amide bonds. The number of hydrogen-bond donors (Lipinski definition) is 0. The van der Waals surface area contributed by atoms with E-state index in [4.69, 9.17) is 21.6 Å². The summed E-state index contributed by atoms with van der Waals surface area (Å²) >= 11 is 5.47. The van der Waals surface area contributed by atoms with Crippen molar-refractivity contribution in [2.24, 2.45) is 0 Å². The second-order valence-electron chi connectivity index (χ2n) is 2.99. The molecule has 0 N–H and O–H groups in total. The van der Waals surface area contributed by atoms with Gasteiger partial charge in [0.05, 0.1) is 18.6 Å². The average molecular weight is 224 g/mol. The summed E-state index contributed by atoms with van der Waals surface area (Å²) in [4.78, 5) is 11.4. The van der Waals surface area contributed by atoms with Crippen molar-refractivity contribution >= 4 is 17.4 Å². The smallest absolute Gasteiger partial charge is 0.177 e. The molecule has 1 rings (SSSR count). The highest BCUT2D eigenvalue weighted by Crippen LogP contribution is 2.26. The van der Waals surface area contributed by atoms with Crippen LogP contribution in [0, 0.1) is 18.3 Å². The lowest BCUT2D eigenvalue weighted by molar-refractivity contribution is 0.102. The average Bonchev–Trinajstić information content (AvgIpc) is 2.27. The van der Waals surface area contributed by atoms with Crippen molar-refractivity contribution in [1.29, 1.82) is 5.26 Å². The van der Waals surface area contributed by atoms with E-state index in [0.717, 1.165) is 0 Å². The van der Waals surface area contributed by atoms with Crippen molar-refractivity contribution in [2.75, 3.05) is 13.0 Å². The van der Waals surface area contributed by atoms with Gasteiger partial charge < -0.3 is 4.74 Å². The Labute approximate surface area is 93.2 Å². The standard InChI is InChI=1S/C11H10ClNO2/c1-7-9(10(14)5-12)4-3-8(6-13)11(7)15-2/h3-4H,5H2,1-2H3. The van der Waals surface area contributed by atoms with Crippen LogP contribution in [-0.4, -0.2) is 18.8 Å². The number of benzene rings is 1. The van der Waals surface area contributed by atoms with Gasteiger partial charge in [-0.25, -0.2) is 0 Å². The van der Waals surface area contributed by atoms with Gasteiger partial charge in [-0.15, -0.1) is 11.6 Å². The maximum atomic E-state index is 11.4. The van der Waals surface area contributed by atoms with E-state index >= 15 is 0 Å². The lowest BCUT2D eigenvalue weighted by Gasteiger charge is -2.10. The molecule has 0 bridgehead atoms. The zero-order chi connectivity index (χ0) is 11.4. The number of halogens is 1. The molecule has 0 saturated heterocycles. The molecule has 1 aromatic rings. The van der Waals surface area contributed by atoms with Crippen molar-refractivity contribution in [2.45, 2.75) is 6.92 Å². The molecule has 0 spiro atoms.